The van der Waals surface area contributed by atoms with Crippen molar-refractivity contribution in [3.63, 3.8) is 0 Å². The van der Waals surface area contributed by atoms with Gasteiger partial charge in [0.25, 0.3) is 0 Å². The highest BCUT2D eigenvalue weighted by Crippen LogP contribution is 2.26. The number of anilines is 2. The van der Waals surface area contributed by atoms with Crippen LogP contribution in [0.2, 0.25) is 0 Å². The molecule has 3 rings (SSSR count). The van der Waals surface area contributed by atoms with Gasteiger partial charge in [0.15, 0.2) is 0 Å². The molecule has 5 nitrogen and oxygen atoms in total. The number of sulfone groups is 1. The van der Waals surface area contributed by atoms with E-state index in [9.17, 15) is 8.42 Å². The van der Waals surface area contributed by atoms with Gasteiger partial charge in [-0.25, -0.2) is 8.42 Å². The minimum absolute atomic E-state index is 0.192. The van der Waals surface area contributed by atoms with Crippen LogP contribution in [-0.2, 0) is 9.84 Å². The van der Waals surface area contributed by atoms with E-state index in [1.807, 2.05) is 0 Å². The molecular weight excluding hydrogens is 324 g/mol. The number of nitrogens with two attached hydrogens (primary N) is 2. The summed E-state index contributed by atoms with van der Waals surface area (Å²) in [7, 11) is -3.58. The summed E-state index contributed by atoms with van der Waals surface area (Å²) in [4.78, 5) is 0.390. The van der Waals surface area contributed by atoms with Crippen LogP contribution in [0.3, 0.4) is 0 Å². The molecule has 0 unspecified atom stereocenters. The maximum atomic E-state index is 12.6. The molecule has 0 aliphatic heterocycles. The van der Waals surface area contributed by atoms with E-state index in [-0.39, 0.29) is 9.79 Å². The molecule has 0 saturated carbocycles. The van der Waals surface area contributed by atoms with E-state index in [1.54, 1.807) is 48.5 Å². The Bertz CT molecular complexity index is 933. The van der Waals surface area contributed by atoms with Crippen LogP contribution < -0.4 is 16.2 Å². The van der Waals surface area contributed by atoms with Crippen LogP contribution in [-0.4, -0.2) is 8.42 Å². The molecule has 0 radical (unpaired) electrons. The van der Waals surface area contributed by atoms with E-state index in [0.717, 1.165) is 0 Å². The van der Waals surface area contributed by atoms with E-state index in [4.69, 9.17) is 16.2 Å². The molecule has 122 valence electrons. The third-order valence-corrected chi connectivity index (χ3v) is 5.23. The fourth-order valence-electron chi connectivity index (χ4n) is 2.14. The Hall–Kier alpha value is -2.99. The number of ether oxygens (including phenoxy) is 1. The Morgan fingerprint density at radius 1 is 0.583 bits per heavy atom. The van der Waals surface area contributed by atoms with E-state index >= 15 is 0 Å². The normalized spacial score (nSPS) is 11.2. The van der Waals surface area contributed by atoms with E-state index in [1.165, 1.54) is 24.3 Å². The van der Waals surface area contributed by atoms with Gasteiger partial charge in [0.05, 0.1) is 9.79 Å². The summed E-state index contributed by atoms with van der Waals surface area (Å²) in [6.45, 7) is 0. The highest BCUT2D eigenvalue weighted by Gasteiger charge is 2.17. The second-order valence-corrected chi connectivity index (χ2v) is 7.16. The smallest absolute Gasteiger partial charge is 0.206 e. The first-order valence-electron chi connectivity index (χ1n) is 7.19. The van der Waals surface area contributed by atoms with Gasteiger partial charge in [-0.15, -0.1) is 0 Å². The minimum atomic E-state index is -3.58. The topological polar surface area (TPSA) is 95.4 Å². The zero-order chi connectivity index (χ0) is 17.2. The van der Waals surface area contributed by atoms with Crippen LogP contribution in [0, 0.1) is 0 Å². The van der Waals surface area contributed by atoms with Gasteiger partial charge in [-0.05, 0) is 72.8 Å². The Kier molecular flexibility index (Phi) is 4.14. The molecule has 0 saturated heterocycles. The van der Waals surface area contributed by atoms with Gasteiger partial charge in [-0.3, -0.25) is 0 Å². The predicted molar refractivity (Wildman–Crippen MR) is 93.7 cm³/mol. The van der Waals surface area contributed by atoms with Crippen LogP contribution in [0.4, 0.5) is 11.4 Å². The third-order valence-electron chi connectivity index (χ3n) is 3.44. The molecule has 0 atom stereocenters. The highest BCUT2D eigenvalue weighted by atomic mass is 32.2. The van der Waals surface area contributed by atoms with Crippen molar-refractivity contribution in [2.75, 3.05) is 11.5 Å². The summed E-state index contributed by atoms with van der Waals surface area (Å²) < 4.78 is 30.8. The molecule has 0 bridgehead atoms. The van der Waals surface area contributed by atoms with Crippen LogP contribution in [0.5, 0.6) is 11.5 Å². The second-order valence-electron chi connectivity index (χ2n) is 5.21. The molecular formula is C18H16N2O3S. The molecule has 0 heterocycles. The lowest BCUT2D eigenvalue weighted by molar-refractivity contribution is 0.482. The van der Waals surface area contributed by atoms with Crippen LogP contribution >= 0.6 is 0 Å². The second kappa shape index (κ2) is 6.25. The van der Waals surface area contributed by atoms with Crippen LogP contribution in [0.1, 0.15) is 0 Å². The average molecular weight is 340 g/mol. The molecule has 24 heavy (non-hydrogen) atoms. The lowest BCUT2D eigenvalue weighted by atomic mass is 10.3. The van der Waals surface area contributed by atoms with E-state index in [0.29, 0.717) is 22.9 Å². The fourth-order valence-corrected chi connectivity index (χ4v) is 3.40. The van der Waals surface area contributed by atoms with Gasteiger partial charge in [0.1, 0.15) is 11.5 Å². The SMILES string of the molecule is Nc1ccc(Oc2ccc(S(=O)(=O)c3ccc(N)cc3)cc2)cc1. The number of benzene rings is 3. The predicted octanol–water partition coefficient (Wildman–Crippen LogP) is 3.48. The monoisotopic (exact) mass is 340 g/mol. The first-order valence-corrected chi connectivity index (χ1v) is 8.67. The molecule has 0 amide bonds. The molecule has 0 aromatic heterocycles. The Morgan fingerprint density at radius 3 is 1.38 bits per heavy atom. The van der Waals surface area contributed by atoms with Crippen molar-refractivity contribution in [2.45, 2.75) is 9.79 Å². The Labute approximate surface area is 140 Å². The number of rotatable bonds is 4. The average Bonchev–Trinajstić information content (AvgIpc) is 2.58. The van der Waals surface area contributed by atoms with Gasteiger partial charge in [-0.2, -0.15) is 0 Å². The van der Waals surface area contributed by atoms with Crippen molar-refractivity contribution in [2.24, 2.45) is 0 Å². The van der Waals surface area contributed by atoms with Crippen molar-refractivity contribution in [3.8, 4) is 11.5 Å². The minimum Gasteiger partial charge on any atom is -0.457 e. The van der Waals surface area contributed by atoms with Crippen molar-refractivity contribution in [1.82, 2.24) is 0 Å². The quantitative estimate of drug-likeness (QED) is 0.709. The Balaban J connectivity index is 1.83. The summed E-state index contributed by atoms with van der Waals surface area (Å²) in [5.41, 5.74) is 12.4. The number of hydrogen-bond donors (Lipinski definition) is 2. The highest BCUT2D eigenvalue weighted by molar-refractivity contribution is 7.91. The maximum Gasteiger partial charge on any atom is 0.206 e. The molecule has 0 aliphatic carbocycles. The van der Waals surface area contributed by atoms with E-state index < -0.39 is 9.84 Å². The summed E-state index contributed by atoms with van der Waals surface area (Å²) in [6.07, 6.45) is 0. The first-order chi connectivity index (χ1) is 11.4. The largest absolute Gasteiger partial charge is 0.457 e. The van der Waals surface area contributed by atoms with Gasteiger partial charge in [0.2, 0.25) is 9.84 Å². The van der Waals surface area contributed by atoms with Crippen molar-refractivity contribution in [3.05, 3.63) is 72.8 Å². The van der Waals surface area contributed by atoms with Crippen molar-refractivity contribution >= 4 is 21.2 Å². The van der Waals surface area contributed by atoms with E-state index in [2.05, 4.69) is 0 Å². The lowest BCUT2D eigenvalue weighted by Crippen LogP contribution is -2.02. The van der Waals surface area contributed by atoms with Crippen molar-refractivity contribution in [1.29, 1.82) is 0 Å². The molecule has 3 aromatic rings. The summed E-state index contributed by atoms with van der Waals surface area (Å²) >= 11 is 0. The maximum absolute atomic E-state index is 12.6. The lowest BCUT2D eigenvalue weighted by Gasteiger charge is -2.08. The van der Waals surface area contributed by atoms with Gasteiger partial charge in [-0.1, -0.05) is 0 Å². The Morgan fingerprint density at radius 2 is 0.917 bits per heavy atom. The first kappa shape index (κ1) is 15.9. The summed E-state index contributed by atoms with van der Waals surface area (Å²) in [5.74, 6) is 1.16. The molecule has 6 heteroatoms. The molecule has 3 aromatic carbocycles. The zero-order valence-corrected chi connectivity index (χ0v) is 13.5. The molecule has 0 fully saturated rings. The number of nitrogen functional groups attached to an aromatic ring is 2. The van der Waals surface area contributed by atoms with Gasteiger partial charge >= 0.3 is 0 Å². The summed E-state index contributed by atoms with van der Waals surface area (Å²) in [6, 6.07) is 19.3. The molecule has 0 aliphatic rings. The molecule has 0 spiro atoms. The summed E-state index contributed by atoms with van der Waals surface area (Å²) in [5, 5.41) is 0. The fraction of sp³-hybridized carbons (Fsp3) is 0. The molecule has 4 N–H and O–H groups in total. The van der Waals surface area contributed by atoms with Crippen molar-refractivity contribution < 1.29 is 13.2 Å². The zero-order valence-electron chi connectivity index (χ0n) is 12.7. The van der Waals surface area contributed by atoms with Crippen LogP contribution in [0.15, 0.2) is 82.6 Å². The number of hydrogen-bond acceptors (Lipinski definition) is 5. The van der Waals surface area contributed by atoms with Gasteiger partial charge in [0, 0.05) is 11.4 Å². The standard InChI is InChI=1S/C18H16N2O3S/c19-13-1-5-15(6-2-13)23-16-7-11-18(12-8-16)24(21,22)17-9-3-14(20)4-10-17/h1-12H,19-20H2. The van der Waals surface area contributed by atoms with Gasteiger partial charge < -0.3 is 16.2 Å². The van der Waals surface area contributed by atoms with Crippen LogP contribution in [0.25, 0.3) is 0 Å². The third kappa shape index (κ3) is 3.33.